The van der Waals surface area contributed by atoms with Crippen molar-refractivity contribution in [1.82, 2.24) is 9.80 Å². The minimum atomic E-state index is -0.344. The van der Waals surface area contributed by atoms with E-state index in [1.54, 1.807) is 14.1 Å². The summed E-state index contributed by atoms with van der Waals surface area (Å²) in [6, 6.07) is 8.40. The maximum Gasteiger partial charge on any atom is 0.414 e. The fraction of sp³-hybridized carbons (Fsp3) is 0.438. The Morgan fingerprint density at radius 3 is 2.75 bits per heavy atom. The molecule has 0 aliphatic carbocycles. The third-order valence-electron chi connectivity index (χ3n) is 4.00. The zero-order valence-corrected chi connectivity index (χ0v) is 12.0. The number of nitrogens with zero attached hydrogens (tertiary/aromatic N) is 2. The Morgan fingerprint density at radius 2 is 2.05 bits per heavy atom. The minimum Gasteiger partial charge on any atom is -0.410 e. The monoisotopic (exact) mass is 272 g/mol. The zero-order valence-electron chi connectivity index (χ0n) is 12.0. The molecule has 0 N–H and O–H groups in total. The Kier molecular flexibility index (Phi) is 3.38. The number of carbonyl (C=O) groups excluding carboxylic acids is 1. The molecule has 1 saturated heterocycles. The predicted octanol–water partition coefficient (Wildman–Crippen LogP) is 3.17. The Hall–Kier alpha value is -1.97. The summed E-state index contributed by atoms with van der Waals surface area (Å²) in [5.74, 6) is 0.600. The summed E-state index contributed by atoms with van der Waals surface area (Å²) < 4.78 is 5.24. The number of hydrogen-bond donors (Lipinski definition) is 0. The van der Waals surface area contributed by atoms with E-state index in [9.17, 15) is 4.79 Å². The molecule has 1 amide bonds. The Bertz CT molecular complexity index is 534. The van der Waals surface area contributed by atoms with Crippen LogP contribution in [0.2, 0.25) is 0 Å². The highest BCUT2D eigenvalue weighted by molar-refractivity contribution is 5.69. The summed E-state index contributed by atoms with van der Waals surface area (Å²) in [7, 11) is 3.35. The molecular weight excluding hydrogens is 252 g/mol. The van der Waals surface area contributed by atoms with Gasteiger partial charge in [0.25, 0.3) is 0 Å². The van der Waals surface area contributed by atoms with Gasteiger partial charge < -0.3 is 14.5 Å². The Morgan fingerprint density at radius 1 is 1.30 bits per heavy atom. The van der Waals surface area contributed by atoms with Crippen LogP contribution in [0.25, 0.3) is 0 Å². The average molecular weight is 272 g/mol. The number of hydrogen-bond acceptors (Lipinski definition) is 3. The number of allylic oxidation sites excluding steroid dienone is 1. The summed E-state index contributed by atoms with van der Waals surface area (Å²) in [6.07, 6.45) is 5.55. The topological polar surface area (TPSA) is 32.8 Å². The van der Waals surface area contributed by atoms with Crippen LogP contribution in [0.5, 0.6) is 5.75 Å². The molecule has 0 spiro atoms. The van der Waals surface area contributed by atoms with Crippen molar-refractivity contribution < 1.29 is 9.53 Å². The van der Waals surface area contributed by atoms with Gasteiger partial charge in [-0.1, -0.05) is 18.2 Å². The molecule has 2 aliphatic heterocycles. The Balaban J connectivity index is 1.70. The summed E-state index contributed by atoms with van der Waals surface area (Å²) in [5, 5.41) is 0. The van der Waals surface area contributed by atoms with E-state index >= 15 is 0 Å². The lowest BCUT2D eigenvalue weighted by Crippen LogP contribution is -2.25. The van der Waals surface area contributed by atoms with Crippen molar-refractivity contribution in [2.75, 3.05) is 20.6 Å². The fourth-order valence-electron chi connectivity index (χ4n) is 2.97. The van der Waals surface area contributed by atoms with Crippen molar-refractivity contribution in [3.8, 4) is 5.75 Å². The van der Waals surface area contributed by atoms with E-state index in [4.69, 9.17) is 4.74 Å². The second-order valence-corrected chi connectivity index (χ2v) is 5.56. The van der Waals surface area contributed by atoms with E-state index in [2.05, 4.69) is 23.1 Å². The van der Waals surface area contributed by atoms with Gasteiger partial charge in [-0.15, -0.1) is 0 Å². The number of carbonyl (C=O) groups is 1. The number of benzene rings is 1. The highest BCUT2D eigenvalue weighted by Gasteiger charge is 2.31. The summed E-state index contributed by atoms with van der Waals surface area (Å²) in [5.41, 5.74) is 2.80. The third-order valence-corrected chi connectivity index (χ3v) is 4.00. The summed E-state index contributed by atoms with van der Waals surface area (Å²) >= 11 is 0. The van der Waals surface area contributed by atoms with Gasteiger partial charge in [0.1, 0.15) is 5.75 Å². The smallest absolute Gasteiger partial charge is 0.410 e. The maximum absolute atomic E-state index is 11.5. The van der Waals surface area contributed by atoms with Gasteiger partial charge in [-0.05, 0) is 37.0 Å². The first kappa shape index (κ1) is 13.0. The van der Waals surface area contributed by atoms with Gasteiger partial charge in [-0.25, -0.2) is 4.79 Å². The number of fused-ring (bicyclic) bond motifs is 1. The van der Waals surface area contributed by atoms with Crippen LogP contribution in [0.4, 0.5) is 4.79 Å². The first-order valence-electron chi connectivity index (χ1n) is 7.10. The molecule has 1 aromatic rings. The van der Waals surface area contributed by atoms with Gasteiger partial charge in [0.05, 0.1) is 6.04 Å². The van der Waals surface area contributed by atoms with E-state index in [1.807, 2.05) is 12.1 Å². The molecule has 1 aromatic carbocycles. The van der Waals surface area contributed by atoms with Crippen molar-refractivity contribution in [1.29, 1.82) is 0 Å². The number of ether oxygens (including phenoxy) is 1. The lowest BCUT2D eigenvalue weighted by Gasteiger charge is -2.24. The molecule has 2 heterocycles. The first-order valence-corrected chi connectivity index (χ1v) is 7.10. The van der Waals surface area contributed by atoms with Crippen LogP contribution in [-0.2, 0) is 0 Å². The standard InChI is InChI=1S/C16H20N2O2/c1-17(2)16(19)20-14-8-5-12(6-9-14)15-10-7-13-4-3-11-18(13)15/h4-6,8-9,15H,3,7,10-11H2,1-2H3/t15-/m1/s1. The van der Waals surface area contributed by atoms with Gasteiger partial charge >= 0.3 is 6.09 Å². The predicted molar refractivity (Wildman–Crippen MR) is 77.5 cm³/mol. The van der Waals surface area contributed by atoms with E-state index in [0.717, 1.165) is 6.54 Å². The van der Waals surface area contributed by atoms with Crippen molar-refractivity contribution in [3.63, 3.8) is 0 Å². The molecule has 106 valence electrons. The molecular formula is C16H20N2O2. The second kappa shape index (κ2) is 5.19. The highest BCUT2D eigenvalue weighted by Crippen LogP contribution is 2.41. The lowest BCUT2D eigenvalue weighted by atomic mass is 10.0. The molecule has 0 unspecified atom stereocenters. The normalized spacial score (nSPS) is 20.6. The Labute approximate surface area is 119 Å². The molecule has 0 bridgehead atoms. The SMILES string of the molecule is CN(C)C(=O)Oc1ccc([C@H]2CCC3=CCCN32)cc1. The second-order valence-electron chi connectivity index (χ2n) is 5.56. The van der Waals surface area contributed by atoms with E-state index in [-0.39, 0.29) is 6.09 Å². The number of rotatable bonds is 2. The number of amides is 1. The fourth-order valence-corrected chi connectivity index (χ4v) is 2.97. The van der Waals surface area contributed by atoms with Crippen molar-refractivity contribution >= 4 is 6.09 Å². The van der Waals surface area contributed by atoms with Crippen LogP contribution in [0.3, 0.4) is 0 Å². The molecule has 1 fully saturated rings. The van der Waals surface area contributed by atoms with E-state index in [1.165, 1.54) is 35.4 Å². The van der Waals surface area contributed by atoms with Crippen LogP contribution in [-0.4, -0.2) is 36.5 Å². The molecule has 0 saturated carbocycles. The first-order chi connectivity index (χ1) is 9.65. The van der Waals surface area contributed by atoms with Crippen LogP contribution < -0.4 is 4.74 Å². The van der Waals surface area contributed by atoms with Gasteiger partial charge in [0.2, 0.25) is 0 Å². The molecule has 4 heteroatoms. The van der Waals surface area contributed by atoms with Crippen LogP contribution in [0.15, 0.2) is 36.0 Å². The summed E-state index contributed by atoms with van der Waals surface area (Å²) in [6.45, 7) is 1.14. The van der Waals surface area contributed by atoms with Crippen LogP contribution >= 0.6 is 0 Å². The molecule has 0 radical (unpaired) electrons. The molecule has 3 rings (SSSR count). The van der Waals surface area contributed by atoms with Crippen molar-refractivity contribution in [3.05, 3.63) is 41.6 Å². The third kappa shape index (κ3) is 2.38. The molecule has 2 aliphatic rings. The lowest BCUT2D eigenvalue weighted by molar-refractivity contribution is 0.172. The van der Waals surface area contributed by atoms with Gasteiger partial charge in [-0.3, -0.25) is 0 Å². The van der Waals surface area contributed by atoms with Crippen molar-refractivity contribution in [2.24, 2.45) is 0 Å². The molecule has 0 aromatic heterocycles. The van der Waals surface area contributed by atoms with Crippen LogP contribution in [0, 0.1) is 0 Å². The summed E-state index contributed by atoms with van der Waals surface area (Å²) in [4.78, 5) is 15.4. The zero-order chi connectivity index (χ0) is 14.1. The molecule has 1 atom stereocenters. The van der Waals surface area contributed by atoms with Gasteiger partial charge in [0.15, 0.2) is 0 Å². The van der Waals surface area contributed by atoms with E-state index in [0.29, 0.717) is 11.8 Å². The highest BCUT2D eigenvalue weighted by atomic mass is 16.6. The molecule has 4 nitrogen and oxygen atoms in total. The maximum atomic E-state index is 11.5. The minimum absolute atomic E-state index is 0.344. The quantitative estimate of drug-likeness (QED) is 0.829. The van der Waals surface area contributed by atoms with Gasteiger partial charge in [-0.2, -0.15) is 0 Å². The van der Waals surface area contributed by atoms with Crippen LogP contribution in [0.1, 0.15) is 30.9 Å². The molecule has 20 heavy (non-hydrogen) atoms. The average Bonchev–Trinajstić information content (AvgIpc) is 3.02. The van der Waals surface area contributed by atoms with Gasteiger partial charge in [0, 0.05) is 26.3 Å². The van der Waals surface area contributed by atoms with E-state index < -0.39 is 0 Å². The van der Waals surface area contributed by atoms with Crippen molar-refractivity contribution in [2.45, 2.75) is 25.3 Å². The largest absolute Gasteiger partial charge is 0.414 e.